The van der Waals surface area contributed by atoms with Gasteiger partial charge >= 0.3 is 0 Å². The molecule has 1 saturated carbocycles. The molecule has 3 unspecified atom stereocenters. The van der Waals surface area contributed by atoms with Gasteiger partial charge in [-0.15, -0.1) is 11.3 Å². The molecule has 15 heavy (non-hydrogen) atoms. The fourth-order valence-electron chi connectivity index (χ4n) is 2.05. The van der Waals surface area contributed by atoms with E-state index < -0.39 is 0 Å². The van der Waals surface area contributed by atoms with Gasteiger partial charge in [0.2, 0.25) is 0 Å². The average Bonchev–Trinajstić information content (AvgIpc) is 2.83. The van der Waals surface area contributed by atoms with E-state index in [2.05, 4.69) is 17.6 Å². The molecule has 3 atom stereocenters. The lowest BCUT2D eigenvalue weighted by molar-refractivity contribution is 0.0757. The molecule has 0 radical (unpaired) electrons. The van der Waals surface area contributed by atoms with E-state index in [1.807, 2.05) is 11.3 Å². The number of hydrogen-bond donors (Lipinski definition) is 1. The number of morpholine rings is 1. The Morgan fingerprint density at radius 2 is 2.47 bits per heavy atom. The highest BCUT2D eigenvalue weighted by Crippen LogP contribution is 2.48. The van der Waals surface area contributed by atoms with Crippen LogP contribution in [0.15, 0.2) is 5.38 Å². The number of hydrogen-bond acceptors (Lipinski definition) is 4. The van der Waals surface area contributed by atoms with Gasteiger partial charge in [-0.3, -0.25) is 0 Å². The maximum Gasteiger partial charge on any atom is 0.0962 e. The fraction of sp³-hybridized carbons (Fsp3) is 0.727. The molecule has 0 aromatic carbocycles. The fourth-order valence-corrected chi connectivity index (χ4v) is 3.17. The Morgan fingerprint density at radius 1 is 1.60 bits per heavy atom. The molecule has 1 saturated heterocycles. The summed E-state index contributed by atoms with van der Waals surface area (Å²) in [4.78, 5) is 4.72. The van der Waals surface area contributed by atoms with Crippen LogP contribution in [-0.4, -0.2) is 24.7 Å². The minimum atomic E-state index is 0.317. The van der Waals surface area contributed by atoms with Gasteiger partial charge in [0.1, 0.15) is 0 Å². The second kappa shape index (κ2) is 3.85. The smallest absolute Gasteiger partial charge is 0.0962 e. The molecule has 4 heteroatoms. The van der Waals surface area contributed by atoms with Crippen molar-refractivity contribution >= 4 is 11.3 Å². The van der Waals surface area contributed by atoms with Gasteiger partial charge in [-0.05, 0) is 12.3 Å². The molecule has 1 aromatic rings. The van der Waals surface area contributed by atoms with E-state index >= 15 is 0 Å². The summed E-state index contributed by atoms with van der Waals surface area (Å²) in [5, 5.41) is 6.95. The highest BCUT2D eigenvalue weighted by molar-refractivity contribution is 7.09. The molecule has 3 nitrogen and oxygen atoms in total. The van der Waals surface area contributed by atoms with Crippen LogP contribution in [0.3, 0.4) is 0 Å². The van der Waals surface area contributed by atoms with Crippen LogP contribution in [-0.2, 0) is 4.74 Å². The molecule has 0 bridgehead atoms. The molecule has 1 aliphatic carbocycles. The molecule has 2 fully saturated rings. The molecule has 1 aliphatic heterocycles. The number of aromatic nitrogens is 1. The van der Waals surface area contributed by atoms with Crippen molar-refractivity contribution in [3.8, 4) is 0 Å². The van der Waals surface area contributed by atoms with Gasteiger partial charge in [-0.1, -0.05) is 6.92 Å². The largest absolute Gasteiger partial charge is 0.378 e. The molecule has 1 N–H and O–H groups in total. The summed E-state index contributed by atoms with van der Waals surface area (Å²) in [6, 6.07) is 0.317. The average molecular weight is 224 g/mol. The van der Waals surface area contributed by atoms with Crippen LogP contribution in [0.2, 0.25) is 0 Å². The Kier molecular flexibility index (Phi) is 2.50. The predicted octanol–water partition coefficient (Wildman–Crippen LogP) is 1.93. The molecule has 82 valence electrons. The first-order chi connectivity index (χ1) is 7.34. The molecule has 1 aromatic heterocycles. The lowest BCUT2D eigenvalue weighted by atomic mass is 10.2. The Labute approximate surface area is 93.9 Å². The number of nitrogens with one attached hydrogen (secondary N) is 1. The third kappa shape index (κ3) is 1.94. The van der Waals surface area contributed by atoms with Crippen LogP contribution in [0, 0.1) is 5.92 Å². The zero-order valence-electron chi connectivity index (χ0n) is 8.90. The van der Waals surface area contributed by atoms with E-state index in [1.165, 1.54) is 17.1 Å². The SMILES string of the molecule is CC1CC1c1nc(C2COCCN2)cs1. The van der Waals surface area contributed by atoms with E-state index in [1.54, 1.807) is 0 Å². The summed E-state index contributed by atoms with van der Waals surface area (Å²) < 4.78 is 5.45. The first kappa shape index (κ1) is 9.75. The second-order valence-corrected chi connectivity index (χ2v) is 5.40. The minimum absolute atomic E-state index is 0.317. The van der Waals surface area contributed by atoms with E-state index in [0.29, 0.717) is 6.04 Å². The topological polar surface area (TPSA) is 34.1 Å². The van der Waals surface area contributed by atoms with Crippen molar-refractivity contribution in [3.05, 3.63) is 16.1 Å². The van der Waals surface area contributed by atoms with Gasteiger partial charge < -0.3 is 10.1 Å². The van der Waals surface area contributed by atoms with Crippen molar-refractivity contribution in [1.82, 2.24) is 10.3 Å². The first-order valence-electron chi connectivity index (χ1n) is 5.61. The van der Waals surface area contributed by atoms with Gasteiger partial charge in [0.15, 0.2) is 0 Å². The molecule has 0 spiro atoms. The highest BCUT2D eigenvalue weighted by Gasteiger charge is 2.36. The lowest BCUT2D eigenvalue weighted by Gasteiger charge is -2.22. The monoisotopic (exact) mass is 224 g/mol. The number of rotatable bonds is 2. The van der Waals surface area contributed by atoms with Crippen molar-refractivity contribution in [3.63, 3.8) is 0 Å². The molecular formula is C11H16N2OS. The van der Waals surface area contributed by atoms with E-state index in [0.717, 1.165) is 31.6 Å². The van der Waals surface area contributed by atoms with Crippen molar-refractivity contribution in [1.29, 1.82) is 0 Å². The molecule has 3 rings (SSSR count). The van der Waals surface area contributed by atoms with Crippen LogP contribution in [0.25, 0.3) is 0 Å². The summed E-state index contributed by atoms with van der Waals surface area (Å²) >= 11 is 1.81. The van der Waals surface area contributed by atoms with Gasteiger partial charge in [-0.2, -0.15) is 0 Å². The van der Waals surface area contributed by atoms with E-state index in [4.69, 9.17) is 9.72 Å². The van der Waals surface area contributed by atoms with Crippen LogP contribution in [0.5, 0.6) is 0 Å². The maximum absolute atomic E-state index is 5.45. The zero-order chi connectivity index (χ0) is 10.3. The van der Waals surface area contributed by atoms with Gasteiger partial charge in [0, 0.05) is 17.8 Å². The summed E-state index contributed by atoms with van der Waals surface area (Å²) in [5.74, 6) is 1.59. The molecule has 0 amide bonds. The quantitative estimate of drug-likeness (QED) is 0.833. The highest BCUT2D eigenvalue weighted by atomic mass is 32.1. The summed E-state index contributed by atoms with van der Waals surface area (Å²) in [5.41, 5.74) is 1.17. The van der Waals surface area contributed by atoms with Gasteiger partial charge in [0.05, 0.1) is 30.0 Å². The molecular weight excluding hydrogens is 208 g/mol. The summed E-state index contributed by atoms with van der Waals surface area (Å²) in [6.45, 7) is 4.83. The van der Waals surface area contributed by atoms with Crippen molar-refractivity contribution in [2.75, 3.05) is 19.8 Å². The Morgan fingerprint density at radius 3 is 3.13 bits per heavy atom. The standard InChI is InChI=1S/C11H16N2OS/c1-7-4-8(7)11-13-10(6-15-11)9-5-14-3-2-12-9/h6-9,12H,2-5H2,1H3. The van der Waals surface area contributed by atoms with E-state index in [-0.39, 0.29) is 0 Å². The maximum atomic E-state index is 5.45. The minimum Gasteiger partial charge on any atom is -0.378 e. The van der Waals surface area contributed by atoms with Gasteiger partial charge in [0.25, 0.3) is 0 Å². The Hall–Kier alpha value is -0.450. The Bertz CT molecular complexity index is 346. The summed E-state index contributed by atoms with van der Waals surface area (Å²) in [6.07, 6.45) is 1.32. The number of nitrogens with zero attached hydrogens (tertiary/aromatic N) is 1. The van der Waals surface area contributed by atoms with Crippen molar-refractivity contribution in [2.45, 2.75) is 25.3 Å². The zero-order valence-corrected chi connectivity index (χ0v) is 9.72. The molecule has 2 aliphatic rings. The van der Waals surface area contributed by atoms with Gasteiger partial charge in [-0.25, -0.2) is 4.98 Å². The van der Waals surface area contributed by atoms with Crippen LogP contribution < -0.4 is 5.32 Å². The van der Waals surface area contributed by atoms with Crippen LogP contribution in [0.1, 0.15) is 36.0 Å². The second-order valence-electron chi connectivity index (χ2n) is 4.51. The predicted molar refractivity (Wildman–Crippen MR) is 60.2 cm³/mol. The van der Waals surface area contributed by atoms with Crippen molar-refractivity contribution < 1.29 is 4.74 Å². The number of thiazole rings is 1. The third-order valence-electron chi connectivity index (χ3n) is 3.25. The van der Waals surface area contributed by atoms with Crippen LogP contribution in [0.4, 0.5) is 0 Å². The lowest BCUT2D eigenvalue weighted by Crippen LogP contribution is -2.34. The van der Waals surface area contributed by atoms with E-state index in [9.17, 15) is 0 Å². The normalized spacial score (nSPS) is 35.4. The summed E-state index contributed by atoms with van der Waals surface area (Å²) in [7, 11) is 0. The first-order valence-corrected chi connectivity index (χ1v) is 6.49. The van der Waals surface area contributed by atoms with Crippen LogP contribution >= 0.6 is 11.3 Å². The molecule has 2 heterocycles. The van der Waals surface area contributed by atoms with Crippen molar-refractivity contribution in [2.24, 2.45) is 5.92 Å². The Balaban J connectivity index is 1.72. The number of ether oxygens (including phenoxy) is 1. The third-order valence-corrected chi connectivity index (χ3v) is 4.24.